The molecule has 0 spiro atoms. The lowest BCUT2D eigenvalue weighted by atomic mass is 10.2. The number of carbonyl (C=O) groups is 2. The maximum absolute atomic E-state index is 13.0. The molecule has 25 heavy (non-hydrogen) atoms. The van der Waals surface area contributed by atoms with Gasteiger partial charge in [0.25, 0.3) is 0 Å². The predicted octanol–water partition coefficient (Wildman–Crippen LogP) is 3.30. The first-order chi connectivity index (χ1) is 11.7. The third kappa shape index (κ3) is 4.72. The van der Waals surface area contributed by atoms with E-state index >= 15 is 0 Å². The van der Waals surface area contributed by atoms with E-state index in [1.807, 2.05) is 5.32 Å². The molecule has 0 saturated heterocycles. The van der Waals surface area contributed by atoms with Gasteiger partial charge in [0.05, 0.1) is 11.9 Å². The number of aromatic nitrogens is 2. The number of nitrogens with one attached hydrogen (secondary N) is 1. The highest BCUT2D eigenvalue weighted by molar-refractivity contribution is 5.85. The fraction of sp³-hybridized carbons (Fsp3) is 0.267. The topological polar surface area (TPSA) is 93.5 Å². The molecule has 0 aliphatic heterocycles. The Kier molecular flexibility index (Phi) is 5.30. The van der Waals surface area contributed by atoms with Gasteiger partial charge in [0.2, 0.25) is 0 Å². The quantitative estimate of drug-likeness (QED) is 0.856. The van der Waals surface area contributed by atoms with E-state index in [4.69, 9.17) is 9.84 Å². The summed E-state index contributed by atoms with van der Waals surface area (Å²) in [4.78, 5) is 22.6. The molecular weight excluding hydrogens is 343 g/mol. The molecule has 1 unspecified atom stereocenters. The summed E-state index contributed by atoms with van der Waals surface area (Å²) in [7, 11) is 0. The first-order valence-corrected chi connectivity index (χ1v) is 7.05. The summed E-state index contributed by atoms with van der Waals surface area (Å²) in [5.74, 6) is -1.37. The van der Waals surface area contributed by atoms with Gasteiger partial charge >= 0.3 is 18.2 Å². The van der Waals surface area contributed by atoms with E-state index in [1.54, 1.807) is 30.3 Å². The molecule has 0 aliphatic carbocycles. The average molecular weight is 357 g/mol. The van der Waals surface area contributed by atoms with Crippen molar-refractivity contribution >= 4 is 17.7 Å². The SMILES string of the molecule is CC(C(=O)O)n1cc(NC(=O)OCc2ccccc2)c(C(F)(F)F)n1. The Morgan fingerprint density at radius 3 is 2.52 bits per heavy atom. The number of alkyl halides is 3. The van der Waals surface area contributed by atoms with Gasteiger partial charge in [0, 0.05) is 0 Å². The lowest BCUT2D eigenvalue weighted by molar-refractivity contribution is -0.144. The number of rotatable bonds is 5. The smallest absolute Gasteiger partial charge is 0.437 e. The largest absolute Gasteiger partial charge is 0.480 e. The molecular formula is C15H14F3N3O4. The summed E-state index contributed by atoms with van der Waals surface area (Å²) in [5.41, 5.74) is -1.43. The number of halogens is 3. The van der Waals surface area contributed by atoms with Gasteiger partial charge in [-0.1, -0.05) is 30.3 Å². The Bertz CT molecular complexity index is 759. The van der Waals surface area contributed by atoms with Crippen LogP contribution in [-0.2, 0) is 22.3 Å². The van der Waals surface area contributed by atoms with Crippen LogP contribution in [0.15, 0.2) is 36.5 Å². The number of carboxylic acid groups (broad SMARTS) is 1. The summed E-state index contributed by atoms with van der Waals surface area (Å²) in [6.07, 6.45) is -5.19. The lowest BCUT2D eigenvalue weighted by Crippen LogP contribution is -2.17. The van der Waals surface area contributed by atoms with Gasteiger partial charge in [-0.15, -0.1) is 0 Å². The molecule has 1 atom stereocenters. The first kappa shape index (κ1) is 18.3. The van der Waals surface area contributed by atoms with Crippen molar-refractivity contribution in [2.45, 2.75) is 25.7 Å². The van der Waals surface area contributed by atoms with Crippen molar-refractivity contribution in [2.24, 2.45) is 0 Å². The number of anilines is 1. The Morgan fingerprint density at radius 2 is 1.96 bits per heavy atom. The van der Waals surface area contributed by atoms with Crippen LogP contribution in [0.25, 0.3) is 0 Å². The summed E-state index contributed by atoms with van der Waals surface area (Å²) >= 11 is 0. The van der Waals surface area contributed by atoms with Gasteiger partial charge in [0.1, 0.15) is 12.6 Å². The summed E-state index contributed by atoms with van der Waals surface area (Å²) in [6, 6.07) is 7.22. The normalized spacial score (nSPS) is 12.5. The van der Waals surface area contributed by atoms with Crippen LogP contribution < -0.4 is 5.32 Å². The molecule has 0 saturated carbocycles. The van der Waals surface area contributed by atoms with Crippen molar-refractivity contribution in [3.05, 3.63) is 47.8 Å². The van der Waals surface area contributed by atoms with Crippen LogP contribution in [0, 0.1) is 0 Å². The molecule has 2 N–H and O–H groups in total. The number of benzene rings is 1. The number of ether oxygens (including phenoxy) is 1. The number of hydrogen-bond donors (Lipinski definition) is 2. The zero-order chi connectivity index (χ0) is 18.6. The van der Waals surface area contributed by atoms with Gasteiger partial charge in [-0.05, 0) is 12.5 Å². The van der Waals surface area contributed by atoms with E-state index in [2.05, 4.69) is 5.10 Å². The minimum atomic E-state index is -4.87. The number of amides is 1. The zero-order valence-corrected chi connectivity index (χ0v) is 12.9. The van der Waals surface area contributed by atoms with Gasteiger partial charge in [-0.3, -0.25) is 10.00 Å². The minimum absolute atomic E-state index is 0.131. The number of carbonyl (C=O) groups excluding carboxylic acids is 1. The Hall–Kier alpha value is -3.04. The van der Waals surface area contributed by atoms with Crippen LogP contribution in [0.3, 0.4) is 0 Å². The van der Waals surface area contributed by atoms with E-state index in [1.165, 1.54) is 0 Å². The van der Waals surface area contributed by atoms with E-state index < -0.39 is 35.7 Å². The van der Waals surface area contributed by atoms with Gasteiger partial charge in [0.15, 0.2) is 5.69 Å². The van der Waals surface area contributed by atoms with Gasteiger partial charge in [-0.2, -0.15) is 18.3 Å². The van der Waals surface area contributed by atoms with Crippen LogP contribution in [-0.4, -0.2) is 26.9 Å². The average Bonchev–Trinajstić information content (AvgIpc) is 2.97. The van der Waals surface area contributed by atoms with Crippen molar-refractivity contribution in [2.75, 3.05) is 5.32 Å². The Morgan fingerprint density at radius 1 is 1.32 bits per heavy atom. The number of nitrogens with zero attached hydrogens (tertiary/aromatic N) is 2. The van der Waals surface area contributed by atoms with Crippen LogP contribution in [0.5, 0.6) is 0 Å². The maximum Gasteiger partial charge on any atom is 0.437 e. The number of carboxylic acids is 1. The highest BCUT2D eigenvalue weighted by atomic mass is 19.4. The van der Waals surface area contributed by atoms with Gasteiger partial charge < -0.3 is 9.84 Å². The monoisotopic (exact) mass is 357 g/mol. The first-order valence-electron chi connectivity index (χ1n) is 7.05. The third-order valence-electron chi connectivity index (χ3n) is 3.20. The van der Waals surface area contributed by atoms with E-state index in [9.17, 15) is 22.8 Å². The minimum Gasteiger partial charge on any atom is -0.480 e. The Balaban J connectivity index is 2.14. The fourth-order valence-electron chi connectivity index (χ4n) is 1.87. The van der Waals surface area contributed by atoms with Crippen LogP contribution in [0.2, 0.25) is 0 Å². The summed E-state index contributed by atoms with van der Waals surface area (Å²) < 4.78 is 44.5. The van der Waals surface area contributed by atoms with E-state index in [-0.39, 0.29) is 6.61 Å². The van der Waals surface area contributed by atoms with Crippen LogP contribution in [0.4, 0.5) is 23.7 Å². The zero-order valence-electron chi connectivity index (χ0n) is 12.9. The van der Waals surface area contributed by atoms with E-state index in [0.717, 1.165) is 13.1 Å². The summed E-state index contributed by atoms with van der Waals surface area (Å²) in [6.45, 7) is 1.03. The molecule has 134 valence electrons. The molecule has 0 bridgehead atoms. The van der Waals surface area contributed by atoms with Crippen LogP contribution in [0.1, 0.15) is 24.2 Å². The molecule has 1 aromatic carbocycles. The molecule has 0 fully saturated rings. The van der Waals surface area contributed by atoms with Crippen molar-refractivity contribution in [1.29, 1.82) is 0 Å². The molecule has 2 rings (SSSR count). The molecule has 7 nitrogen and oxygen atoms in total. The molecule has 2 aromatic rings. The van der Waals surface area contributed by atoms with Crippen molar-refractivity contribution in [3.63, 3.8) is 0 Å². The standard InChI is InChI=1S/C15H14F3N3O4/c1-9(13(22)23)21-7-11(12(20-21)15(16,17)18)19-14(24)25-8-10-5-3-2-4-6-10/h2-7,9H,8H2,1H3,(H,19,24)(H,22,23). The molecule has 0 radical (unpaired) electrons. The second kappa shape index (κ2) is 7.24. The highest BCUT2D eigenvalue weighted by Gasteiger charge is 2.38. The maximum atomic E-state index is 13.0. The molecule has 1 amide bonds. The van der Waals surface area contributed by atoms with Crippen molar-refractivity contribution in [3.8, 4) is 0 Å². The van der Waals surface area contributed by atoms with Crippen molar-refractivity contribution in [1.82, 2.24) is 9.78 Å². The van der Waals surface area contributed by atoms with E-state index in [0.29, 0.717) is 10.2 Å². The molecule has 0 aliphatic rings. The molecule has 1 heterocycles. The highest BCUT2D eigenvalue weighted by Crippen LogP contribution is 2.34. The van der Waals surface area contributed by atoms with Crippen molar-refractivity contribution < 1.29 is 32.6 Å². The third-order valence-corrected chi connectivity index (χ3v) is 3.20. The number of hydrogen-bond acceptors (Lipinski definition) is 4. The predicted molar refractivity (Wildman–Crippen MR) is 79.8 cm³/mol. The second-order valence-corrected chi connectivity index (χ2v) is 5.07. The lowest BCUT2D eigenvalue weighted by Gasteiger charge is -2.08. The number of aliphatic carboxylic acids is 1. The summed E-state index contributed by atoms with van der Waals surface area (Å²) in [5, 5.41) is 14.0. The Labute approximate surface area is 140 Å². The molecule has 10 heteroatoms. The fourth-order valence-corrected chi connectivity index (χ4v) is 1.87. The molecule has 1 aromatic heterocycles. The van der Waals surface area contributed by atoms with Gasteiger partial charge in [-0.25, -0.2) is 9.59 Å². The second-order valence-electron chi connectivity index (χ2n) is 5.07. The van der Waals surface area contributed by atoms with Crippen LogP contribution >= 0.6 is 0 Å².